The number of rotatable bonds is 4. The molecule has 0 saturated carbocycles. The van der Waals surface area contributed by atoms with E-state index in [2.05, 4.69) is 24.4 Å². The van der Waals surface area contributed by atoms with Crippen molar-refractivity contribution in [3.63, 3.8) is 0 Å². The molecule has 3 nitrogen and oxygen atoms in total. The molecule has 0 bridgehead atoms. The maximum absolute atomic E-state index is 12.2. The molecule has 1 N–H and O–H groups in total. The molecule has 2 aromatic carbocycles. The summed E-state index contributed by atoms with van der Waals surface area (Å²) in [7, 11) is 0. The van der Waals surface area contributed by atoms with E-state index < -0.39 is 0 Å². The number of nitrogens with one attached hydrogen (secondary N) is 1. The average molecular weight is 281 g/mol. The highest BCUT2D eigenvalue weighted by atomic mass is 16.3. The van der Waals surface area contributed by atoms with Crippen LogP contribution in [-0.2, 0) is 0 Å². The molecule has 3 heteroatoms. The van der Waals surface area contributed by atoms with E-state index in [4.69, 9.17) is 4.42 Å². The fourth-order valence-electron chi connectivity index (χ4n) is 2.70. The van der Waals surface area contributed by atoms with Gasteiger partial charge < -0.3 is 9.73 Å². The first-order chi connectivity index (χ1) is 10.2. The smallest absolute Gasteiger partial charge is 0.287 e. The second-order valence-electron chi connectivity index (χ2n) is 5.47. The molecule has 0 unspecified atom stereocenters. The van der Waals surface area contributed by atoms with E-state index in [0.29, 0.717) is 5.76 Å². The molecule has 3 aromatic rings. The van der Waals surface area contributed by atoms with Crippen LogP contribution in [0.4, 0.5) is 0 Å². The van der Waals surface area contributed by atoms with Crippen LogP contribution >= 0.6 is 0 Å². The number of fused-ring (bicyclic) bond motifs is 3. The third-order valence-electron chi connectivity index (χ3n) is 3.75. The van der Waals surface area contributed by atoms with Crippen molar-refractivity contribution in [2.24, 2.45) is 0 Å². The number of carbonyl (C=O) groups is 1. The first kappa shape index (κ1) is 13.7. The lowest BCUT2D eigenvalue weighted by Gasteiger charge is -2.10. The average Bonchev–Trinajstić information content (AvgIpc) is 2.92. The SMILES string of the molecule is CCC[C@@H](C)NC(=O)c1cc2c(ccc3ccccc32)o1. The van der Waals surface area contributed by atoms with Crippen molar-refractivity contribution < 1.29 is 9.21 Å². The van der Waals surface area contributed by atoms with Gasteiger partial charge in [0.2, 0.25) is 0 Å². The minimum absolute atomic E-state index is 0.142. The molecule has 1 heterocycles. The maximum atomic E-state index is 12.2. The first-order valence-electron chi connectivity index (χ1n) is 7.41. The molecule has 1 amide bonds. The minimum Gasteiger partial charge on any atom is -0.451 e. The van der Waals surface area contributed by atoms with Crippen LogP contribution in [0.15, 0.2) is 46.9 Å². The van der Waals surface area contributed by atoms with Gasteiger partial charge in [-0.05, 0) is 36.2 Å². The molecule has 108 valence electrons. The van der Waals surface area contributed by atoms with Gasteiger partial charge >= 0.3 is 0 Å². The van der Waals surface area contributed by atoms with Crippen molar-refractivity contribution in [2.75, 3.05) is 0 Å². The zero-order valence-electron chi connectivity index (χ0n) is 12.3. The van der Waals surface area contributed by atoms with E-state index in [0.717, 1.165) is 34.6 Å². The van der Waals surface area contributed by atoms with E-state index >= 15 is 0 Å². The maximum Gasteiger partial charge on any atom is 0.287 e. The summed E-state index contributed by atoms with van der Waals surface area (Å²) in [5, 5.41) is 6.22. The number of amides is 1. The molecule has 3 rings (SSSR count). The Kier molecular flexibility index (Phi) is 3.65. The van der Waals surface area contributed by atoms with Crippen molar-refractivity contribution in [3.8, 4) is 0 Å². The molecule has 0 spiro atoms. The molecule has 0 radical (unpaired) electrons. The fourth-order valence-corrected chi connectivity index (χ4v) is 2.70. The number of furan rings is 1. The summed E-state index contributed by atoms with van der Waals surface area (Å²) < 4.78 is 5.70. The van der Waals surface area contributed by atoms with Crippen molar-refractivity contribution in [1.29, 1.82) is 0 Å². The van der Waals surface area contributed by atoms with E-state index in [1.807, 2.05) is 37.3 Å². The van der Waals surface area contributed by atoms with Crippen LogP contribution in [0.2, 0.25) is 0 Å². The Morgan fingerprint density at radius 1 is 1.19 bits per heavy atom. The summed E-state index contributed by atoms with van der Waals surface area (Å²) in [6.45, 7) is 4.12. The summed E-state index contributed by atoms with van der Waals surface area (Å²) >= 11 is 0. The Balaban J connectivity index is 1.97. The van der Waals surface area contributed by atoms with Crippen molar-refractivity contribution >= 4 is 27.6 Å². The molecule has 0 aliphatic heterocycles. The molecule has 21 heavy (non-hydrogen) atoms. The third kappa shape index (κ3) is 2.64. The first-order valence-corrected chi connectivity index (χ1v) is 7.41. The van der Waals surface area contributed by atoms with E-state index in [1.165, 1.54) is 0 Å². The number of hydrogen-bond donors (Lipinski definition) is 1. The normalized spacial score (nSPS) is 12.7. The van der Waals surface area contributed by atoms with Gasteiger partial charge in [0, 0.05) is 11.4 Å². The Labute approximate surface area is 123 Å². The summed E-state index contributed by atoms with van der Waals surface area (Å²) in [5.74, 6) is 0.237. The van der Waals surface area contributed by atoms with Crippen LogP contribution in [0.25, 0.3) is 21.7 Å². The van der Waals surface area contributed by atoms with Crippen LogP contribution < -0.4 is 5.32 Å². The highest BCUT2D eigenvalue weighted by Gasteiger charge is 2.15. The highest BCUT2D eigenvalue weighted by molar-refractivity contribution is 6.08. The van der Waals surface area contributed by atoms with E-state index in [9.17, 15) is 4.79 Å². The largest absolute Gasteiger partial charge is 0.451 e. The Hall–Kier alpha value is -2.29. The van der Waals surface area contributed by atoms with Gasteiger partial charge in [-0.2, -0.15) is 0 Å². The zero-order chi connectivity index (χ0) is 14.8. The van der Waals surface area contributed by atoms with Gasteiger partial charge in [-0.15, -0.1) is 0 Å². The van der Waals surface area contributed by atoms with Crippen LogP contribution in [0.1, 0.15) is 37.2 Å². The molecule has 0 aliphatic carbocycles. The Bertz CT molecular complexity index is 788. The monoisotopic (exact) mass is 281 g/mol. The van der Waals surface area contributed by atoms with Crippen LogP contribution in [0, 0.1) is 0 Å². The summed E-state index contributed by atoms with van der Waals surface area (Å²) in [5.41, 5.74) is 0.752. The van der Waals surface area contributed by atoms with Gasteiger partial charge in [0.25, 0.3) is 5.91 Å². The van der Waals surface area contributed by atoms with Gasteiger partial charge in [-0.3, -0.25) is 4.79 Å². The molecular weight excluding hydrogens is 262 g/mol. The lowest BCUT2D eigenvalue weighted by atomic mass is 10.1. The predicted molar refractivity (Wildman–Crippen MR) is 85.6 cm³/mol. The third-order valence-corrected chi connectivity index (χ3v) is 3.75. The van der Waals surface area contributed by atoms with Gasteiger partial charge in [0.15, 0.2) is 5.76 Å². The zero-order valence-corrected chi connectivity index (χ0v) is 12.3. The quantitative estimate of drug-likeness (QED) is 0.764. The summed E-state index contributed by atoms with van der Waals surface area (Å²) in [6, 6.07) is 14.1. The second-order valence-corrected chi connectivity index (χ2v) is 5.47. The van der Waals surface area contributed by atoms with Crippen molar-refractivity contribution in [1.82, 2.24) is 5.32 Å². The summed E-state index contributed by atoms with van der Waals surface area (Å²) in [4.78, 5) is 12.2. The summed E-state index contributed by atoms with van der Waals surface area (Å²) in [6.07, 6.45) is 2.01. The standard InChI is InChI=1S/C18H19NO2/c1-3-6-12(2)19-18(20)17-11-15-14-8-5-4-7-13(14)9-10-16(15)21-17/h4-5,7-12H,3,6H2,1-2H3,(H,19,20)/t12-/m1/s1. The van der Waals surface area contributed by atoms with Gasteiger partial charge in [-0.25, -0.2) is 0 Å². The van der Waals surface area contributed by atoms with Crippen LogP contribution in [0.5, 0.6) is 0 Å². The number of carbonyl (C=O) groups excluding carboxylic acids is 1. The highest BCUT2D eigenvalue weighted by Crippen LogP contribution is 2.28. The topological polar surface area (TPSA) is 42.2 Å². The fraction of sp³-hybridized carbons (Fsp3) is 0.278. The molecule has 1 atom stereocenters. The lowest BCUT2D eigenvalue weighted by molar-refractivity contribution is 0.0912. The van der Waals surface area contributed by atoms with Crippen molar-refractivity contribution in [2.45, 2.75) is 32.7 Å². The van der Waals surface area contributed by atoms with Crippen molar-refractivity contribution in [3.05, 3.63) is 48.2 Å². The Morgan fingerprint density at radius 2 is 2.00 bits per heavy atom. The van der Waals surface area contributed by atoms with Crippen LogP contribution in [0.3, 0.4) is 0 Å². The van der Waals surface area contributed by atoms with Gasteiger partial charge in [0.1, 0.15) is 5.58 Å². The molecule has 0 saturated heterocycles. The second kappa shape index (κ2) is 5.60. The lowest BCUT2D eigenvalue weighted by Crippen LogP contribution is -2.32. The number of benzene rings is 2. The Morgan fingerprint density at radius 3 is 2.81 bits per heavy atom. The van der Waals surface area contributed by atoms with Crippen LogP contribution in [-0.4, -0.2) is 11.9 Å². The minimum atomic E-state index is -0.142. The molecule has 1 aromatic heterocycles. The van der Waals surface area contributed by atoms with E-state index in [-0.39, 0.29) is 11.9 Å². The van der Waals surface area contributed by atoms with Gasteiger partial charge in [0.05, 0.1) is 0 Å². The van der Waals surface area contributed by atoms with Gasteiger partial charge in [-0.1, -0.05) is 43.7 Å². The number of hydrogen-bond acceptors (Lipinski definition) is 2. The predicted octanol–water partition coefficient (Wildman–Crippen LogP) is 4.50. The van der Waals surface area contributed by atoms with E-state index in [1.54, 1.807) is 0 Å². The molecular formula is C18H19NO2. The molecule has 0 aliphatic rings. The molecule has 0 fully saturated rings.